The van der Waals surface area contributed by atoms with Crippen LogP contribution in [0.4, 0.5) is 10.1 Å². The fourth-order valence-corrected chi connectivity index (χ4v) is 4.57. The van der Waals surface area contributed by atoms with Gasteiger partial charge in [0.25, 0.3) is 5.91 Å². The van der Waals surface area contributed by atoms with E-state index in [1.165, 1.54) is 40.8 Å². The summed E-state index contributed by atoms with van der Waals surface area (Å²) in [5, 5.41) is 3.21. The van der Waals surface area contributed by atoms with E-state index in [2.05, 4.69) is 10.3 Å². The van der Waals surface area contributed by atoms with E-state index in [-0.39, 0.29) is 16.0 Å². The molecule has 2 aromatic carbocycles. The van der Waals surface area contributed by atoms with Gasteiger partial charge in [0.15, 0.2) is 0 Å². The molecule has 1 saturated heterocycles. The maximum absolute atomic E-state index is 13.9. The molecule has 0 unspecified atom stereocenters. The van der Waals surface area contributed by atoms with Gasteiger partial charge in [-0.15, -0.1) is 0 Å². The van der Waals surface area contributed by atoms with Crippen LogP contribution in [0.2, 0.25) is 0 Å². The van der Waals surface area contributed by atoms with Crippen molar-refractivity contribution in [1.82, 2.24) is 9.29 Å². The lowest BCUT2D eigenvalue weighted by molar-refractivity contribution is 0.0730. The zero-order valence-electron chi connectivity index (χ0n) is 15.3. The molecule has 0 spiro atoms. The topological polar surface area (TPSA) is 88.6 Å². The van der Waals surface area contributed by atoms with Crippen molar-refractivity contribution in [3.05, 3.63) is 66.1 Å². The Hall–Kier alpha value is -2.88. The van der Waals surface area contributed by atoms with Crippen molar-refractivity contribution in [2.75, 3.05) is 31.6 Å². The van der Waals surface area contributed by atoms with Gasteiger partial charge in [-0.1, -0.05) is 12.1 Å². The number of halogens is 1. The maximum atomic E-state index is 13.9. The molecule has 1 amide bonds. The normalized spacial score (nSPS) is 15.3. The highest BCUT2D eigenvalue weighted by Crippen LogP contribution is 2.24. The van der Waals surface area contributed by atoms with E-state index in [0.717, 1.165) is 0 Å². The van der Waals surface area contributed by atoms with Crippen LogP contribution in [0.3, 0.4) is 0 Å². The number of anilines is 1. The first-order chi connectivity index (χ1) is 14.0. The van der Waals surface area contributed by atoms with Crippen molar-refractivity contribution >= 4 is 32.5 Å². The molecule has 1 aliphatic rings. The molecule has 0 bridgehead atoms. The number of hydrogen-bond acceptors (Lipinski definition) is 5. The number of benzene rings is 2. The number of ether oxygens (including phenoxy) is 1. The third-order valence-corrected chi connectivity index (χ3v) is 6.61. The number of pyridine rings is 1. The van der Waals surface area contributed by atoms with Crippen LogP contribution in [0.1, 0.15) is 10.4 Å². The fourth-order valence-electron chi connectivity index (χ4n) is 3.16. The summed E-state index contributed by atoms with van der Waals surface area (Å²) >= 11 is 0. The van der Waals surface area contributed by atoms with Crippen LogP contribution in [0.15, 0.2) is 59.6 Å². The summed E-state index contributed by atoms with van der Waals surface area (Å²) < 4.78 is 45.8. The van der Waals surface area contributed by atoms with E-state index in [4.69, 9.17) is 4.74 Å². The Morgan fingerprint density at radius 2 is 1.79 bits per heavy atom. The Kier molecular flexibility index (Phi) is 5.27. The highest BCUT2D eigenvalue weighted by Gasteiger charge is 2.26. The van der Waals surface area contributed by atoms with E-state index in [1.807, 2.05) is 0 Å². The van der Waals surface area contributed by atoms with Gasteiger partial charge >= 0.3 is 0 Å². The number of amides is 1. The number of nitrogens with zero attached hydrogens (tertiary/aromatic N) is 2. The molecule has 7 nitrogen and oxygen atoms in total. The molecule has 4 rings (SSSR count). The Morgan fingerprint density at radius 3 is 2.52 bits per heavy atom. The monoisotopic (exact) mass is 415 g/mol. The highest BCUT2D eigenvalue weighted by molar-refractivity contribution is 7.89. The van der Waals surface area contributed by atoms with Gasteiger partial charge in [-0.2, -0.15) is 4.31 Å². The van der Waals surface area contributed by atoms with E-state index >= 15 is 0 Å². The van der Waals surface area contributed by atoms with Crippen molar-refractivity contribution in [3.63, 3.8) is 0 Å². The number of para-hydroxylation sites is 1. The van der Waals surface area contributed by atoms with Crippen molar-refractivity contribution in [2.24, 2.45) is 0 Å². The third-order valence-electron chi connectivity index (χ3n) is 4.69. The first-order valence-electron chi connectivity index (χ1n) is 8.99. The Balaban J connectivity index is 1.55. The molecule has 9 heteroatoms. The minimum atomic E-state index is -3.63. The molecule has 0 saturated carbocycles. The smallest absolute Gasteiger partial charge is 0.255 e. The molecule has 1 fully saturated rings. The standard InChI is InChI=1S/C20H18FN3O4S/c21-17-3-1-2-16-18(8-9-22-19(16)17)23-20(25)14-4-6-15(7-5-14)29(26,27)24-10-12-28-13-11-24/h1-9H,10-13H2,(H,22,23,25). The number of carbonyl (C=O) groups is 1. The minimum Gasteiger partial charge on any atom is -0.379 e. The molecular formula is C20H18FN3O4S. The Labute approximate surface area is 167 Å². The summed E-state index contributed by atoms with van der Waals surface area (Å²) in [6.07, 6.45) is 1.42. The summed E-state index contributed by atoms with van der Waals surface area (Å²) in [6, 6.07) is 11.8. The predicted molar refractivity (Wildman–Crippen MR) is 106 cm³/mol. The number of fused-ring (bicyclic) bond motifs is 1. The molecule has 0 radical (unpaired) electrons. The van der Waals surface area contributed by atoms with Crippen LogP contribution in [0, 0.1) is 5.82 Å². The maximum Gasteiger partial charge on any atom is 0.255 e. The number of aromatic nitrogens is 1. The van der Waals surface area contributed by atoms with Crippen molar-refractivity contribution in [1.29, 1.82) is 0 Å². The van der Waals surface area contributed by atoms with Crippen LogP contribution in [-0.4, -0.2) is 49.9 Å². The van der Waals surface area contributed by atoms with Crippen LogP contribution in [0.25, 0.3) is 10.9 Å². The van der Waals surface area contributed by atoms with Gasteiger partial charge in [0.1, 0.15) is 11.3 Å². The molecular weight excluding hydrogens is 397 g/mol. The summed E-state index contributed by atoms with van der Waals surface area (Å²) in [6.45, 7) is 1.33. The number of rotatable bonds is 4. The molecule has 0 aliphatic carbocycles. The van der Waals surface area contributed by atoms with E-state index in [0.29, 0.717) is 37.4 Å². The quantitative estimate of drug-likeness (QED) is 0.708. The Bertz CT molecular complexity index is 1160. The van der Waals surface area contributed by atoms with Gasteiger partial charge in [0, 0.05) is 30.2 Å². The van der Waals surface area contributed by atoms with Gasteiger partial charge < -0.3 is 10.1 Å². The lowest BCUT2D eigenvalue weighted by Crippen LogP contribution is -2.40. The van der Waals surface area contributed by atoms with Crippen LogP contribution < -0.4 is 5.32 Å². The highest BCUT2D eigenvalue weighted by atomic mass is 32.2. The van der Waals surface area contributed by atoms with Crippen LogP contribution in [0.5, 0.6) is 0 Å². The molecule has 29 heavy (non-hydrogen) atoms. The third kappa shape index (κ3) is 3.84. The van der Waals surface area contributed by atoms with Gasteiger partial charge in [-0.05, 0) is 36.4 Å². The summed E-state index contributed by atoms with van der Waals surface area (Å²) in [4.78, 5) is 16.7. The number of carbonyl (C=O) groups excluding carboxylic acids is 1. The summed E-state index contributed by atoms with van der Waals surface area (Å²) in [5.74, 6) is -0.909. The van der Waals surface area contributed by atoms with Gasteiger partial charge in [-0.3, -0.25) is 9.78 Å². The van der Waals surface area contributed by atoms with Crippen molar-refractivity contribution < 1.29 is 22.3 Å². The van der Waals surface area contributed by atoms with Gasteiger partial charge in [-0.25, -0.2) is 12.8 Å². The second-order valence-corrected chi connectivity index (χ2v) is 8.43. The van der Waals surface area contributed by atoms with Gasteiger partial charge in [0.05, 0.1) is 23.8 Å². The first kappa shape index (κ1) is 19.4. The molecule has 1 N–H and O–H groups in total. The zero-order valence-corrected chi connectivity index (χ0v) is 16.2. The number of hydrogen-bond donors (Lipinski definition) is 1. The molecule has 2 heterocycles. The molecule has 150 valence electrons. The fraction of sp³-hybridized carbons (Fsp3) is 0.200. The van der Waals surface area contributed by atoms with Crippen LogP contribution >= 0.6 is 0 Å². The number of morpholine rings is 1. The second kappa shape index (κ2) is 7.86. The molecule has 1 aliphatic heterocycles. The minimum absolute atomic E-state index is 0.118. The average molecular weight is 415 g/mol. The Morgan fingerprint density at radius 1 is 1.07 bits per heavy atom. The number of sulfonamides is 1. The van der Waals surface area contributed by atoms with Gasteiger partial charge in [0.2, 0.25) is 10.0 Å². The van der Waals surface area contributed by atoms with Crippen molar-refractivity contribution in [3.8, 4) is 0 Å². The zero-order chi connectivity index (χ0) is 20.4. The summed E-state index contributed by atoms with van der Waals surface area (Å²) in [7, 11) is -3.63. The van der Waals surface area contributed by atoms with E-state index < -0.39 is 21.7 Å². The second-order valence-electron chi connectivity index (χ2n) is 6.49. The van der Waals surface area contributed by atoms with Crippen LogP contribution in [-0.2, 0) is 14.8 Å². The molecule has 1 aromatic heterocycles. The average Bonchev–Trinajstić information content (AvgIpc) is 2.75. The lowest BCUT2D eigenvalue weighted by atomic mass is 10.1. The molecule has 3 aromatic rings. The molecule has 0 atom stereocenters. The van der Waals surface area contributed by atoms with E-state index in [9.17, 15) is 17.6 Å². The predicted octanol–water partition coefficient (Wildman–Crippen LogP) is 2.65. The first-order valence-corrected chi connectivity index (χ1v) is 10.4. The number of nitrogens with one attached hydrogen (secondary N) is 1. The summed E-state index contributed by atoms with van der Waals surface area (Å²) in [5.41, 5.74) is 0.870. The SMILES string of the molecule is O=C(Nc1ccnc2c(F)cccc12)c1ccc(S(=O)(=O)N2CCOCC2)cc1. The largest absolute Gasteiger partial charge is 0.379 e. The van der Waals surface area contributed by atoms with Crippen molar-refractivity contribution in [2.45, 2.75) is 4.90 Å². The lowest BCUT2D eigenvalue weighted by Gasteiger charge is -2.26. The van der Waals surface area contributed by atoms with E-state index in [1.54, 1.807) is 18.2 Å².